The van der Waals surface area contributed by atoms with Crippen LogP contribution < -0.4 is 15.4 Å². The number of hydrogen-bond acceptors (Lipinski definition) is 3. The molecule has 1 aliphatic heterocycles. The van der Waals surface area contributed by atoms with E-state index in [0.29, 0.717) is 30.5 Å². The van der Waals surface area contributed by atoms with Crippen LogP contribution in [0.5, 0.6) is 5.75 Å². The highest BCUT2D eigenvalue weighted by Gasteiger charge is 2.19. The Morgan fingerprint density at radius 2 is 2.04 bits per heavy atom. The van der Waals surface area contributed by atoms with Crippen molar-refractivity contribution in [3.63, 3.8) is 0 Å². The highest BCUT2D eigenvalue weighted by atomic mass is 16.5. The Hall–Kier alpha value is -2.24. The van der Waals surface area contributed by atoms with Crippen LogP contribution >= 0.6 is 0 Å². The SMILES string of the molecule is CC(=O)Nc1cccc(OCCNC(=O)N2CCC(C)CC2)c1. The van der Waals surface area contributed by atoms with Crippen LogP contribution in [-0.2, 0) is 4.79 Å². The molecule has 1 heterocycles. The van der Waals surface area contributed by atoms with Crippen LogP contribution in [0.4, 0.5) is 10.5 Å². The number of likely N-dealkylation sites (tertiary alicyclic amines) is 1. The van der Waals surface area contributed by atoms with Gasteiger partial charge in [0.1, 0.15) is 12.4 Å². The summed E-state index contributed by atoms with van der Waals surface area (Å²) in [7, 11) is 0. The van der Waals surface area contributed by atoms with E-state index in [2.05, 4.69) is 17.6 Å². The zero-order valence-corrected chi connectivity index (χ0v) is 13.8. The maximum absolute atomic E-state index is 12.0. The quantitative estimate of drug-likeness (QED) is 0.819. The van der Waals surface area contributed by atoms with Crippen LogP contribution in [0.15, 0.2) is 24.3 Å². The summed E-state index contributed by atoms with van der Waals surface area (Å²) in [6, 6.07) is 7.17. The lowest BCUT2D eigenvalue weighted by atomic mass is 10.00. The molecule has 0 saturated carbocycles. The molecule has 3 amide bonds. The standard InChI is InChI=1S/C17H25N3O3/c1-13-6-9-20(10-7-13)17(22)18-8-11-23-16-5-3-4-15(12-16)19-14(2)21/h3-5,12-13H,6-11H2,1-2H3,(H,18,22)(H,19,21). The zero-order chi connectivity index (χ0) is 16.7. The highest BCUT2D eigenvalue weighted by Crippen LogP contribution is 2.17. The molecular formula is C17H25N3O3. The number of urea groups is 1. The second-order valence-corrected chi connectivity index (χ2v) is 5.96. The van der Waals surface area contributed by atoms with Gasteiger partial charge in [-0.15, -0.1) is 0 Å². The van der Waals surface area contributed by atoms with Crippen LogP contribution in [0.2, 0.25) is 0 Å². The van der Waals surface area contributed by atoms with Gasteiger partial charge in [0, 0.05) is 31.8 Å². The summed E-state index contributed by atoms with van der Waals surface area (Å²) in [4.78, 5) is 24.9. The maximum Gasteiger partial charge on any atom is 0.317 e. The van der Waals surface area contributed by atoms with Gasteiger partial charge < -0.3 is 20.3 Å². The lowest BCUT2D eigenvalue weighted by molar-refractivity contribution is -0.114. The fourth-order valence-corrected chi connectivity index (χ4v) is 2.52. The molecule has 6 heteroatoms. The van der Waals surface area contributed by atoms with Gasteiger partial charge in [-0.25, -0.2) is 4.79 Å². The fourth-order valence-electron chi connectivity index (χ4n) is 2.52. The van der Waals surface area contributed by atoms with Gasteiger partial charge in [-0.2, -0.15) is 0 Å². The Labute approximate surface area is 137 Å². The molecule has 0 radical (unpaired) electrons. The molecule has 0 aromatic heterocycles. The van der Waals surface area contributed by atoms with E-state index in [-0.39, 0.29) is 11.9 Å². The third-order valence-electron chi connectivity index (χ3n) is 3.87. The number of carbonyl (C=O) groups excluding carboxylic acids is 2. The molecule has 1 aliphatic rings. The van der Waals surface area contributed by atoms with Gasteiger partial charge in [-0.3, -0.25) is 4.79 Å². The summed E-state index contributed by atoms with van der Waals surface area (Å²) >= 11 is 0. The summed E-state index contributed by atoms with van der Waals surface area (Å²) < 4.78 is 5.60. The minimum atomic E-state index is -0.120. The smallest absolute Gasteiger partial charge is 0.317 e. The van der Waals surface area contributed by atoms with E-state index >= 15 is 0 Å². The van der Waals surface area contributed by atoms with Crippen molar-refractivity contribution in [3.05, 3.63) is 24.3 Å². The Bertz CT molecular complexity index is 540. The van der Waals surface area contributed by atoms with E-state index in [1.54, 1.807) is 12.1 Å². The molecule has 0 unspecified atom stereocenters. The number of rotatable bonds is 5. The molecule has 1 fully saturated rings. The molecule has 0 spiro atoms. The van der Waals surface area contributed by atoms with Gasteiger partial charge >= 0.3 is 6.03 Å². The number of amides is 3. The summed E-state index contributed by atoms with van der Waals surface area (Å²) in [6.07, 6.45) is 2.14. The third kappa shape index (κ3) is 5.81. The molecule has 0 aliphatic carbocycles. The van der Waals surface area contributed by atoms with Crippen molar-refractivity contribution < 1.29 is 14.3 Å². The molecule has 126 valence electrons. The van der Waals surface area contributed by atoms with Crippen molar-refractivity contribution in [2.75, 3.05) is 31.6 Å². The Morgan fingerprint density at radius 1 is 1.30 bits per heavy atom. The third-order valence-corrected chi connectivity index (χ3v) is 3.87. The van der Waals surface area contributed by atoms with E-state index in [1.165, 1.54) is 6.92 Å². The van der Waals surface area contributed by atoms with Crippen molar-refractivity contribution in [1.29, 1.82) is 0 Å². The van der Waals surface area contributed by atoms with Crippen LogP contribution in [-0.4, -0.2) is 43.1 Å². The Kier molecular flexibility index (Phi) is 6.26. The van der Waals surface area contributed by atoms with E-state index < -0.39 is 0 Å². The van der Waals surface area contributed by atoms with Crippen molar-refractivity contribution in [1.82, 2.24) is 10.2 Å². The van der Waals surface area contributed by atoms with Crippen molar-refractivity contribution in [2.24, 2.45) is 5.92 Å². The Balaban J connectivity index is 1.69. The molecule has 1 saturated heterocycles. The summed E-state index contributed by atoms with van der Waals surface area (Å²) in [6.45, 7) is 6.18. The van der Waals surface area contributed by atoms with Gasteiger partial charge in [-0.1, -0.05) is 13.0 Å². The Morgan fingerprint density at radius 3 is 2.74 bits per heavy atom. The maximum atomic E-state index is 12.0. The first-order valence-electron chi connectivity index (χ1n) is 8.08. The molecule has 1 aromatic rings. The number of hydrogen-bond donors (Lipinski definition) is 2. The number of piperidine rings is 1. The number of benzene rings is 1. The zero-order valence-electron chi connectivity index (χ0n) is 13.8. The van der Waals surface area contributed by atoms with Gasteiger partial charge in [0.05, 0.1) is 6.54 Å². The van der Waals surface area contributed by atoms with Crippen LogP contribution in [0, 0.1) is 5.92 Å². The summed E-state index contributed by atoms with van der Waals surface area (Å²) in [5.41, 5.74) is 0.696. The summed E-state index contributed by atoms with van der Waals surface area (Å²) in [5, 5.41) is 5.58. The molecule has 0 bridgehead atoms. The predicted octanol–water partition coefficient (Wildman–Crippen LogP) is 2.47. The number of nitrogens with zero attached hydrogens (tertiary/aromatic N) is 1. The van der Waals surface area contributed by atoms with Gasteiger partial charge in [0.15, 0.2) is 0 Å². The van der Waals surface area contributed by atoms with Crippen molar-refractivity contribution >= 4 is 17.6 Å². The number of anilines is 1. The van der Waals surface area contributed by atoms with Gasteiger partial charge in [0.25, 0.3) is 0 Å². The first-order chi connectivity index (χ1) is 11.0. The summed E-state index contributed by atoms with van der Waals surface area (Å²) in [5.74, 6) is 1.25. The first-order valence-corrected chi connectivity index (χ1v) is 8.08. The molecule has 2 N–H and O–H groups in total. The van der Waals surface area contributed by atoms with Crippen LogP contribution in [0.3, 0.4) is 0 Å². The number of nitrogens with one attached hydrogen (secondary N) is 2. The van der Waals surface area contributed by atoms with E-state index in [0.717, 1.165) is 25.9 Å². The van der Waals surface area contributed by atoms with Crippen molar-refractivity contribution in [3.8, 4) is 5.75 Å². The second-order valence-electron chi connectivity index (χ2n) is 5.96. The predicted molar refractivity (Wildman–Crippen MR) is 89.6 cm³/mol. The molecule has 0 atom stereocenters. The molecule has 1 aromatic carbocycles. The topological polar surface area (TPSA) is 70.7 Å². The van der Waals surface area contributed by atoms with E-state index in [1.807, 2.05) is 17.0 Å². The van der Waals surface area contributed by atoms with Gasteiger partial charge in [-0.05, 0) is 30.9 Å². The monoisotopic (exact) mass is 319 g/mol. The molecule has 6 nitrogen and oxygen atoms in total. The van der Waals surface area contributed by atoms with Crippen LogP contribution in [0.25, 0.3) is 0 Å². The van der Waals surface area contributed by atoms with Gasteiger partial charge in [0.2, 0.25) is 5.91 Å². The normalized spacial score (nSPS) is 15.1. The largest absolute Gasteiger partial charge is 0.492 e. The minimum absolute atomic E-state index is 0.0208. The fraction of sp³-hybridized carbons (Fsp3) is 0.529. The number of ether oxygens (including phenoxy) is 1. The minimum Gasteiger partial charge on any atom is -0.492 e. The van der Waals surface area contributed by atoms with E-state index in [4.69, 9.17) is 4.74 Å². The van der Waals surface area contributed by atoms with Crippen LogP contribution in [0.1, 0.15) is 26.7 Å². The molecule has 2 rings (SSSR count). The molecular weight excluding hydrogens is 294 g/mol. The number of carbonyl (C=O) groups is 2. The lowest BCUT2D eigenvalue weighted by Gasteiger charge is -2.30. The van der Waals surface area contributed by atoms with Crippen molar-refractivity contribution in [2.45, 2.75) is 26.7 Å². The molecule has 23 heavy (non-hydrogen) atoms. The first kappa shape index (κ1) is 17.1. The second kappa shape index (κ2) is 8.41. The van der Waals surface area contributed by atoms with E-state index in [9.17, 15) is 9.59 Å². The average Bonchev–Trinajstić information content (AvgIpc) is 2.52. The highest BCUT2D eigenvalue weighted by molar-refractivity contribution is 5.88. The average molecular weight is 319 g/mol. The lowest BCUT2D eigenvalue weighted by Crippen LogP contribution is -2.45.